The fourth-order valence-corrected chi connectivity index (χ4v) is 4.45. The van der Waals surface area contributed by atoms with Gasteiger partial charge in [0.1, 0.15) is 6.04 Å². The van der Waals surface area contributed by atoms with Crippen LogP contribution in [0.25, 0.3) is 11.3 Å². The molecule has 1 saturated heterocycles. The van der Waals surface area contributed by atoms with Crippen molar-refractivity contribution in [2.24, 2.45) is 0 Å². The van der Waals surface area contributed by atoms with Crippen molar-refractivity contribution in [3.05, 3.63) is 40.5 Å². The van der Waals surface area contributed by atoms with Gasteiger partial charge in [0.25, 0.3) is 5.91 Å². The molecule has 188 valence electrons. The summed E-state index contributed by atoms with van der Waals surface area (Å²) in [6, 6.07) is 4.72. The normalized spacial score (nSPS) is 17.3. The molecular formula is C25H32ClN5O4. The van der Waals surface area contributed by atoms with E-state index in [0.717, 1.165) is 18.4 Å². The molecule has 2 aromatic rings. The van der Waals surface area contributed by atoms with Gasteiger partial charge in [-0.2, -0.15) is 0 Å². The maximum atomic E-state index is 13.3. The number of nitrogens with zero attached hydrogens (tertiary/aromatic N) is 4. The van der Waals surface area contributed by atoms with E-state index in [1.807, 2.05) is 32.9 Å². The number of aliphatic hydroxyl groups is 1. The van der Waals surface area contributed by atoms with Crippen LogP contribution in [0.2, 0.25) is 5.02 Å². The summed E-state index contributed by atoms with van der Waals surface area (Å²) in [5.41, 5.74) is 2.02. The Kier molecular flexibility index (Phi) is 7.30. The summed E-state index contributed by atoms with van der Waals surface area (Å²) < 4.78 is 5.40. The van der Waals surface area contributed by atoms with Crippen LogP contribution >= 0.6 is 11.6 Å². The number of benzene rings is 1. The van der Waals surface area contributed by atoms with E-state index in [4.69, 9.17) is 16.3 Å². The van der Waals surface area contributed by atoms with Gasteiger partial charge in [0.05, 0.1) is 23.5 Å². The molecule has 10 heteroatoms. The third-order valence-corrected chi connectivity index (χ3v) is 6.96. The highest BCUT2D eigenvalue weighted by Crippen LogP contribution is 2.33. The fourth-order valence-electron chi connectivity index (χ4n) is 4.25. The summed E-state index contributed by atoms with van der Waals surface area (Å²) in [6.45, 7) is 6.91. The van der Waals surface area contributed by atoms with Gasteiger partial charge in [-0.25, -0.2) is 9.97 Å². The standard InChI is InChI=1S/C25H32ClN5O4/c1-25(2,3)30(4)23(34)20(14-32)31-13-16-6-5-15(11-18(16)22(31)33)21-19(26)12-27-24(29-21)28-17-7-9-35-10-8-17/h5-6,11-12,17,20,32H,7-10,13-14H2,1-4H3,(H,27,28,29). The van der Waals surface area contributed by atoms with Crippen molar-refractivity contribution in [3.63, 3.8) is 0 Å². The van der Waals surface area contributed by atoms with Crippen molar-refractivity contribution >= 4 is 29.4 Å². The third-order valence-electron chi connectivity index (χ3n) is 6.68. The Bertz CT molecular complexity index is 1110. The second-order valence-electron chi connectivity index (χ2n) is 9.99. The highest BCUT2D eigenvalue weighted by Gasteiger charge is 2.39. The van der Waals surface area contributed by atoms with Gasteiger partial charge in [-0.15, -0.1) is 0 Å². The van der Waals surface area contributed by atoms with E-state index in [9.17, 15) is 14.7 Å². The first kappa shape index (κ1) is 25.3. The van der Waals surface area contributed by atoms with Crippen molar-refractivity contribution in [1.29, 1.82) is 0 Å². The molecule has 1 atom stereocenters. The van der Waals surface area contributed by atoms with Crippen molar-refractivity contribution in [2.45, 2.75) is 57.8 Å². The number of amides is 2. The Labute approximate surface area is 210 Å². The predicted molar refractivity (Wildman–Crippen MR) is 133 cm³/mol. The smallest absolute Gasteiger partial charge is 0.255 e. The highest BCUT2D eigenvalue weighted by atomic mass is 35.5. The van der Waals surface area contributed by atoms with Gasteiger partial charge in [-0.1, -0.05) is 23.7 Å². The number of carbonyl (C=O) groups excluding carboxylic acids is 2. The molecule has 2 aliphatic rings. The van der Waals surface area contributed by atoms with E-state index in [0.29, 0.717) is 41.0 Å². The molecule has 0 saturated carbocycles. The van der Waals surface area contributed by atoms with Crippen LogP contribution in [-0.4, -0.2) is 81.2 Å². The second kappa shape index (κ2) is 10.1. The number of aromatic nitrogens is 2. The lowest BCUT2D eigenvalue weighted by Gasteiger charge is -2.36. The molecule has 0 radical (unpaired) electrons. The minimum atomic E-state index is -0.958. The molecule has 0 spiro atoms. The summed E-state index contributed by atoms with van der Waals surface area (Å²) in [5, 5.41) is 13.7. The van der Waals surface area contributed by atoms with Gasteiger partial charge < -0.3 is 25.0 Å². The zero-order valence-electron chi connectivity index (χ0n) is 20.5. The molecule has 0 bridgehead atoms. The number of nitrogens with one attached hydrogen (secondary N) is 1. The molecule has 3 heterocycles. The van der Waals surface area contributed by atoms with E-state index in [1.165, 1.54) is 4.90 Å². The molecule has 1 aromatic carbocycles. The number of carbonyl (C=O) groups is 2. The molecule has 9 nitrogen and oxygen atoms in total. The van der Waals surface area contributed by atoms with Gasteiger partial charge >= 0.3 is 0 Å². The number of hydrogen-bond donors (Lipinski definition) is 2. The number of aliphatic hydroxyl groups excluding tert-OH is 1. The van der Waals surface area contributed by atoms with Gasteiger partial charge in [-0.05, 0) is 45.2 Å². The number of likely N-dealkylation sites (N-methyl/N-ethyl adjacent to an activating group) is 1. The number of rotatable bonds is 6. The Morgan fingerprint density at radius 1 is 1.34 bits per heavy atom. The average molecular weight is 502 g/mol. The van der Waals surface area contributed by atoms with Crippen molar-refractivity contribution in [2.75, 3.05) is 32.2 Å². The molecule has 4 rings (SSSR count). The van der Waals surface area contributed by atoms with Crippen molar-refractivity contribution in [3.8, 4) is 11.3 Å². The predicted octanol–water partition coefficient (Wildman–Crippen LogP) is 2.96. The van der Waals surface area contributed by atoms with Gasteiger partial charge in [0.15, 0.2) is 0 Å². The van der Waals surface area contributed by atoms with Crippen LogP contribution in [0.3, 0.4) is 0 Å². The SMILES string of the molecule is CN(C(=O)C(CO)N1Cc2ccc(-c3nc(NC4CCOCC4)ncc3Cl)cc2C1=O)C(C)(C)C. The largest absolute Gasteiger partial charge is 0.394 e. The van der Waals surface area contributed by atoms with Crippen LogP contribution in [0.1, 0.15) is 49.5 Å². The van der Waals surface area contributed by atoms with E-state index < -0.39 is 18.2 Å². The lowest BCUT2D eigenvalue weighted by atomic mass is 10.0. The zero-order chi connectivity index (χ0) is 25.3. The summed E-state index contributed by atoms with van der Waals surface area (Å²) in [5.74, 6) is -0.132. The van der Waals surface area contributed by atoms with Crippen molar-refractivity contribution in [1.82, 2.24) is 19.8 Å². The van der Waals surface area contributed by atoms with E-state index in [-0.39, 0.29) is 24.4 Å². The van der Waals surface area contributed by atoms with Crippen LogP contribution in [0.5, 0.6) is 0 Å². The number of halogens is 1. The Hall–Kier alpha value is -2.75. The molecule has 1 aromatic heterocycles. The first-order valence-electron chi connectivity index (χ1n) is 11.8. The number of hydrogen-bond acceptors (Lipinski definition) is 7. The van der Waals surface area contributed by atoms with Crippen LogP contribution in [0.15, 0.2) is 24.4 Å². The minimum Gasteiger partial charge on any atom is -0.394 e. The highest BCUT2D eigenvalue weighted by molar-refractivity contribution is 6.33. The Balaban J connectivity index is 1.58. The average Bonchev–Trinajstić information content (AvgIpc) is 3.16. The number of anilines is 1. The summed E-state index contributed by atoms with van der Waals surface area (Å²) >= 11 is 6.43. The Morgan fingerprint density at radius 2 is 2.06 bits per heavy atom. The third kappa shape index (κ3) is 5.27. The fraction of sp³-hybridized carbons (Fsp3) is 0.520. The van der Waals surface area contributed by atoms with Gasteiger partial charge in [0.2, 0.25) is 11.9 Å². The quantitative estimate of drug-likeness (QED) is 0.626. The van der Waals surface area contributed by atoms with E-state index >= 15 is 0 Å². The van der Waals surface area contributed by atoms with Crippen LogP contribution < -0.4 is 5.32 Å². The zero-order valence-corrected chi connectivity index (χ0v) is 21.3. The molecule has 35 heavy (non-hydrogen) atoms. The van der Waals surface area contributed by atoms with Crippen molar-refractivity contribution < 1.29 is 19.4 Å². The first-order valence-corrected chi connectivity index (χ1v) is 12.2. The first-order chi connectivity index (χ1) is 16.6. The summed E-state index contributed by atoms with van der Waals surface area (Å²) in [4.78, 5) is 38.3. The number of ether oxygens (including phenoxy) is 1. The monoisotopic (exact) mass is 501 g/mol. The lowest BCUT2D eigenvalue weighted by molar-refractivity contribution is -0.140. The van der Waals surface area contributed by atoms with Crippen LogP contribution in [0, 0.1) is 0 Å². The Morgan fingerprint density at radius 3 is 2.71 bits per heavy atom. The summed E-state index contributed by atoms with van der Waals surface area (Å²) in [7, 11) is 1.68. The van der Waals surface area contributed by atoms with Gasteiger partial charge in [0, 0.05) is 49.5 Å². The minimum absolute atomic E-state index is 0.229. The molecule has 1 unspecified atom stereocenters. The molecule has 2 N–H and O–H groups in total. The van der Waals surface area contributed by atoms with Crippen LogP contribution in [-0.2, 0) is 16.1 Å². The maximum Gasteiger partial charge on any atom is 0.255 e. The van der Waals surface area contributed by atoms with E-state index in [1.54, 1.807) is 24.2 Å². The number of fused-ring (bicyclic) bond motifs is 1. The maximum absolute atomic E-state index is 13.3. The second-order valence-corrected chi connectivity index (χ2v) is 10.4. The molecule has 2 aliphatic heterocycles. The van der Waals surface area contributed by atoms with E-state index in [2.05, 4.69) is 15.3 Å². The molecule has 1 fully saturated rings. The summed E-state index contributed by atoms with van der Waals surface area (Å²) in [6.07, 6.45) is 3.30. The van der Waals surface area contributed by atoms with Crippen LogP contribution in [0.4, 0.5) is 5.95 Å². The molecule has 0 aliphatic carbocycles. The van der Waals surface area contributed by atoms with Gasteiger partial charge in [-0.3, -0.25) is 9.59 Å². The topological polar surface area (TPSA) is 108 Å². The lowest BCUT2D eigenvalue weighted by Crippen LogP contribution is -2.54. The molecule has 2 amide bonds. The molecular weight excluding hydrogens is 470 g/mol.